The molecule has 1 aromatic heterocycles. The molecule has 1 N–H and O–H groups in total. The maximum Gasteiger partial charge on any atom is 0.223 e. The van der Waals surface area contributed by atoms with Gasteiger partial charge in [-0.15, -0.1) is 0 Å². The van der Waals surface area contributed by atoms with Crippen LogP contribution in [0.25, 0.3) is 0 Å². The van der Waals surface area contributed by atoms with Gasteiger partial charge in [0.25, 0.3) is 0 Å². The average molecular weight is 332 g/mol. The van der Waals surface area contributed by atoms with E-state index in [1.165, 1.54) is 5.56 Å². The zero-order valence-corrected chi connectivity index (χ0v) is 14.5. The van der Waals surface area contributed by atoms with Crippen LogP contribution in [-0.2, 0) is 23.1 Å². The molecule has 3 aliphatic rings. The second kappa shape index (κ2) is 6.48. The normalized spacial score (nSPS) is 27.3. The second-order valence-corrected chi connectivity index (χ2v) is 7.82. The maximum atomic E-state index is 12.2. The van der Waals surface area contributed by atoms with Crippen LogP contribution < -0.4 is 5.32 Å². The van der Waals surface area contributed by atoms with Crippen molar-refractivity contribution >= 4 is 5.91 Å². The standard InChI is InChI=1S/C18H28N4O2/c1-21-11-14(10-19-21)12-22-7-4-18(5-8-22)6-9-24-13-16(18)20-17(23)15-2-3-15/h10-11,15-16H,2-9,12-13H2,1H3,(H,20,23)/t16-/m0/s1. The van der Waals surface area contributed by atoms with Gasteiger partial charge in [0.15, 0.2) is 0 Å². The molecule has 0 bridgehead atoms. The molecule has 0 aromatic carbocycles. The molecule has 1 aliphatic carbocycles. The number of carbonyl (C=O) groups excluding carboxylic acids is 1. The van der Waals surface area contributed by atoms with Crippen molar-refractivity contribution in [2.24, 2.45) is 18.4 Å². The highest BCUT2D eigenvalue weighted by Gasteiger charge is 2.45. The zero-order valence-electron chi connectivity index (χ0n) is 14.5. The third kappa shape index (κ3) is 3.35. The highest BCUT2D eigenvalue weighted by molar-refractivity contribution is 5.81. The molecular weight excluding hydrogens is 304 g/mol. The Hall–Kier alpha value is -1.40. The molecule has 6 nitrogen and oxygen atoms in total. The summed E-state index contributed by atoms with van der Waals surface area (Å²) in [5, 5.41) is 7.57. The molecule has 3 fully saturated rings. The fraction of sp³-hybridized carbons (Fsp3) is 0.778. The monoisotopic (exact) mass is 332 g/mol. The summed E-state index contributed by atoms with van der Waals surface area (Å²) in [5.74, 6) is 0.525. The molecule has 132 valence electrons. The Balaban J connectivity index is 1.36. The van der Waals surface area contributed by atoms with Crippen LogP contribution in [0.15, 0.2) is 12.4 Å². The van der Waals surface area contributed by atoms with Crippen molar-refractivity contribution in [1.29, 1.82) is 0 Å². The number of aryl methyl sites for hydroxylation is 1. The molecule has 1 amide bonds. The van der Waals surface area contributed by atoms with Gasteiger partial charge in [0, 0.05) is 37.9 Å². The lowest BCUT2D eigenvalue weighted by Gasteiger charge is -2.49. The van der Waals surface area contributed by atoms with Crippen LogP contribution in [0.5, 0.6) is 0 Å². The van der Waals surface area contributed by atoms with E-state index in [1.807, 2.05) is 17.9 Å². The van der Waals surface area contributed by atoms with E-state index in [-0.39, 0.29) is 23.3 Å². The van der Waals surface area contributed by atoms with Gasteiger partial charge in [-0.1, -0.05) is 0 Å². The smallest absolute Gasteiger partial charge is 0.223 e. The van der Waals surface area contributed by atoms with Gasteiger partial charge >= 0.3 is 0 Å². The van der Waals surface area contributed by atoms with Gasteiger partial charge in [-0.2, -0.15) is 5.10 Å². The molecule has 1 aromatic rings. The first-order chi connectivity index (χ1) is 11.6. The number of nitrogens with zero attached hydrogens (tertiary/aromatic N) is 3. The second-order valence-electron chi connectivity index (χ2n) is 7.82. The third-order valence-corrected chi connectivity index (χ3v) is 6.05. The first kappa shape index (κ1) is 16.1. The fourth-order valence-electron chi connectivity index (χ4n) is 4.22. The SMILES string of the molecule is Cn1cc(CN2CCC3(CCOC[C@@H]3NC(=O)C3CC3)CC2)cn1. The van der Waals surface area contributed by atoms with Gasteiger partial charge in [-0.3, -0.25) is 14.4 Å². The fourth-order valence-corrected chi connectivity index (χ4v) is 4.22. The van der Waals surface area contributed by atoms with E-state index >= 15 is 0 Å². The van der Waals surface area contributed by atoms with Gasteiger partial charge in [0.2, 0.25) is 5.91 Å². The molecule has 1 saturated carbocycles. The predicted molar refractivity (Wildman–Crippen MR) is 90.2 cm³/mol. The summed E-state index contributed by atoms with van der Waals surface area (Å²) in [5.41, 5.74) is 1.51. The Labute approximate surface area is 143 Å². The zero-order chi connectivity index (χ0) is 16.6. The Morgan fingerprint density at radius 1 is 1.38 bits per heavy atom. The summed E-state index contributed by atoms with van der Waals surface area (Å²) in [6.07, 6.45) is 9.54. The Bertz CT molecular complexity index is 588. The Kier molecular flexibility index (Phi) is 4.35. The molecule has 1 atom stereocenters. The van der Waals surface area contributed by atoms with Crippen LogP contribution in [0.3, 0.4) is 0 Å². The van der Waals surface area contributed by atoms with Gasteiger partial charge < -0.3 is 10.1 Å². The number of hydrogen-bond acceptors (Lipinski definition) is 4. The number of piperidine rings is 1. The quantitative estimate of drug-likeness (QED) is 0.903. The van der Waals surface area contributed by atoms with E-state index in [0.717, 1.165) is 58.3 Å². The molecule has 1 spiro atoms. The number of likely N-dealkylation sites (tertiary alicyclic amines) is 1. The largest absolute Gasteiger partial charge is 0.379 e. The maximum absolute atomic E-state index is 12.2. The minimum atomic E-state index is 0.194. The minimum Gasteiger partial charge on any atom is -0.379 e. The number of hydrogen-bond donors (Lipinski definition) is 1. The van der Waals surface area contributed by atoms with Crippen molar-refractivity contribution in [1.82, 2.24) is 20.0 Å². The molecule has 0 unspecified atom stereocenters. The lowest BCUT2D eigenvalue weighted by Crippen LogP contribution is -2.57. The van der Waals surface area contributed by atoms with Gasteiger partial charge in [0.1, 0.15) is 0 Å². The summed E-state index contributed by atoms with van der Waals surface area (Å²) in [6.45, 7) is 4.66. The first-order valence-electron chi connectivity index (χ1n) is 9.23. The molecular formula is C18H28N4O2. The van der Waals surface area contributed by atoms with Gasteiger partial charge in [0.05, 0.1) is 18.8 Å². The number of nitrogens with one attached hydrogen (secondary N) is 1. The lowest BCUT2D eigenvalue weighted by atomic mass is 9.69. The molecule has 4 rings (SSSR count). The summed E-state index contributed by atoms with van der Waals surface area (Å²) in [4.78, 5) is 14.7. The number of rotatable bonds is 4. The van der Waals surface area contributed by atoms with Gasteiger partial charge in [-0.25, -0.2) is 0 Å². The van der Waals surface area contributed by atoms with Crippen molar-refractivity contribution in [2.75, 3.05) is 26.3 Å². The van der Waals surface area contributed by atoms with E-state index in [1.54, 1.807) is 0 Å². The Morgan fingerprint density at radius 3 is 2.83 bits per heavy atom. The molecule has 6 heteroatoms. The molecule has 0 radical (unpaired) electrons. The van der Waals surface area contributed by atoms with E-state index in [9.17, 15) is 4.79 Å². The Morgan fingerprint density at radius 2 is 2.17 bits per heavy atom. The van der Waals surface area contributed by atoms with Crippen molar-refractivity contribution in [3.63, 3.8) is 0 Å². The third-order valence-electron chi connectivity index (χ3n) is 6.05. The summed E-state index contributed by atoms with van der Waals surface area (Å²) < 4.78 is 7.56. The topological polar surface area (TPSA) is 59.4 Å². The minimum absolute atomic E-state index is 0.194. The van der Waals surface area contributed by atoms with Crippen LogP contribution in [0.1, 0.15) is 37.7 Å². The van der Waals surface area contributed by atoms with E-state index in [0.29, 0.717) is 6.61 Å². The summed E-state index contributed by atoms with van der Waals surface area (Å²) in [7, 11) is 1.96. The highest BCUT2D eigenvalue weighted by atomic mass is 16.5. The van der Waals surface area contributed by atoms with Crippen molar-refractivity contribution in [2.45, 2.75) is 44.7 Å². The van der Waals surface area contributed by atoms with E-state index < -0.39 is 0 Å². The summed E-state index contributed by atoms with van der Waals surface area (Å²) in [6, 6.07) is 0.194. The van der Waals surface area contributed by atoms with Crippen LogP contribution in [-0.4, -0.2) is 52.9 Å². The van der Waals surface area contributed by atoms with Crippen LogP contribution in [0.4, 0.5) is 0 Å². The average Bonchev–Trinajstić information content (AvgIpc) is 3.36. The van der Waals surface area contributed by atoms with Crippen LogP contribution in [0.2, 0.25) is 0 Å². The first-order valence-corrected chi connectivity index (χ1v) is 9.23. The van der Waals surface area contributed by atoms with E-state index in [4.69, 9.17) is 4.74 Å². The molecule has 24 heavy (non-hydrogen) atoms. The number of ether oxygens (including phenoxy) is 1. The van der Waals surface area contributed by atoms with Gasteiger partial charge in [-0.05, 0) is 50.6 Å². The summed E-state index contributed by atoms with van der Waals surface area (Å²) >= 11 is 0. The van der Waals surface area contributed by atoms with Crippen molar-refractivity contribution in [3.8, 4) is 0 Å². The highest BCUT2D eigenvalue weighted by Crippen LogP contribution is 2.42. The van der Waals surface area contributed by atoms with Crippen LogP contribution in [0, 0.1) is 11.3 Å². The number of carbonyl (C=O) groups is 1. The van der Waals surface area contributed by atoms with E-state index in [2.05, 4.69) is 21.5 Å². The van der Waals surface area contributed by atoms with Crippen molar-refractivity contribution in [3.05, 3.63) is 18.0 Å². The van der Waals surface area contributed by atoms with Crippen molar-refractivity contribution < 1.29 is 9.53 Å². The number of amides is 1. The van der Waals surface area contributed by atoms with Crippen LogP contribution >= 0.6 is 0 Å². The molecule has 3 heterocycles. The number of aromatic nitrogens is 2. The molecule has 2 saturated heterocycles. The lowest BCUT2D eigenvalue weighted by molar-refractivity contribution is -0.127. The molecule has 2 aliphatic heterocycles. The predicted octanol–water partition coefficient (Wildman–Crippen LogP) is 1.32.